The maximum absolute atomic E-state index is 11.8. The first kappa shape index (κ1) is 10.6. The first-order valence-corrected chi connectivity index (χ1v) is 5.93. The number of hydrogen-bond donors (Lipinski definition) is 2. The van der Waals surface area contributed by atoms with E-state index in [9.17, 15) is 4.79 Å². The zero-order valence-corrected chi connectivity index (χ0v) is 10.4. The van der Waals surface area contributed by atoms with Crippen LogP contribution in [0.15, 0.2) is 39.7 Å². The van der Waals surface area contributed by atoms with Crippen molar-refractivity contribution in [2.75, 3.05) is 0 Å². The third kappa shape index (κ3) is 1.50. The van der Waals surface area contributed by atoms with E-state index in [-0.39, 0.29) is 12.2 Å². The van der Waals surface area contributed by atoms with Crippen molar-refractivity contribution in [3.8, 4) is 0 Å². The summed E-state index contributed by atoms with van der Waals surface area (Å²) in [6.07, 6.45) is 0. The average molecular weight is 293 g/mol. The second-order valence-corrected chi connectivity index (χ2v) is 4.65. The van der Waals surface area contributed by atoms with Gasteiger partial charge in [-0.3, -0.25) is 9.20 Å². The Morgan fingerprint density at radius 3 is 2.76 bits per heavy atom. The van der Waals surface area contributed by atoms with Crippen LogP contribution >= 0.6 is 15.9 Å². The molecule has 4 nitrogen and oxygen atoms in total. The number of nitrogens with one attached hydrogen (secondary N) is 1. The highest BCUT2D eigenvalue weighted by Gasteiger charge is 2.07. The van der Waals surface area contributed by atoms with Crippen LogP contribution in [0.2, 0.25) is 0 Å². The van der Waals surface area contributed by atoms with Crippen LogP contribution < -0.4 is 5.56 Å². The Balaban J connectivity index is 2.56. The molecule has 0 atom stereocenters. The zero-order chi connectivity index (χ0) is 12.0. The molecule has 0 amide bonds. The van der Waals surface area contributed by atoms with E-state index in [1.807, 2.05) is 22.6 Å². The van der Waals surface area contributed by atoms with Gasteiger partial charge in [-0.1, -0.05) is 6.07 Å². The van der Waals surface area contributed by atoms with E-state index < -0.39 is 0 Å². The molecule has 2 aromatic heterocycles. The van der Waals surface area contributed by atoms with Crippen LogP contribution in [0.5, 0.6) is 0 Å². The Morgan fingerprint density at radius 2 is 2.00 bits per heavy atom. The summed E-state index contributed by atoms with van der Waals surface area (Å²) in [6.45, 7) is -0.0388. The Hall–Kier alpha value is -1.59. The zero-order valence-electron chi connectivity index (χ0n) is 8.77. The molecule has 0 unspecified atom stereocenters. The minimum absolute atomic E-state index is 0.0388. The van der Waals surface area contributed by atoms with Crippen molar-refractivity contribution in [1.29, 1.82) is 0 Å². The molecule has 17 heavy (non-hydrogen) atoms. The minimum atomic E-state index is -0.140. The van der Waals surface area contributed by atoms with Gasteiger partial charge in [0.05, 0.1) is 22.2 Å². The van der Waals surface area contributed by atoms with Crippen LogP contribution in [0, 0.1) is 0 Å². The van der Waals surface area contributed by atoms with Gasteiger partial charge in [0.25, 0.3) is 5.56 Å². The molecule has 0 fully saturated rings. The Bertz CT molecular complexity index is 773. The summed E-state index contributed by atoms with van der Waals surface area (Å²) in [5, 5.41) is 9.09. The number of aliphatic hydroxyl groups excluding tert-OH is 1. The van der Waals surface area contributed by atoms with Crippen molar-refractivity contribution >= 4 is 32.5 Å². The summed E-state index contributed by atoms with van der Waals surface area (Å²) < 4.78 is 2.68. The van der Waals surface area contributed by atoms with Gasteiger partial charge in [0.2, 0.25) is 0 Å². The van der Waals surface area contributed by atoms with Crippen LogP contribution in [-0.4, -0.2) is 14.5 Å². The molecular formula is C12H9BrN2O2. The molecule has 5 heteroatoms. The normalized spacial score (nSPS) is 11.4. The number of aliphatic hydroxyl groups is 1. The van der Waals surface area contributed by atoms with Crippen LogP contribution in [0.1, 0.15) is 5.56 Å². The quantitative estimate of drug-likeness (QED) is 0.721. The van der Waals surface area contributed by atoms with Crippen LogP contribution in [0.25, 0.3) is 16.6 Å². The highest BCUT2D eigenvalue weighted by molar-refractivity contribution is 9.10. The lowest BCUT2D eigenvalue weighted by atomic mass is 10.2. The number of aromatic amines is 1. The summed E-state index contributed by atoms with van der Waals surface area (Å²) in [5.41, 5.74) is 2.84. The predicted molar refractivity (Wildman–Crippen MR) is 69.1 cm³/mol. The van der Waals surface area contributed by atoms with E-state index in [1.54, 1.807) is 12.1 Å². The molecule has 0 aliphatic rings. The first-order chi connectivity index (χ1) is 8.20. The molecule has 1 aromatic carbocycles. The molecule has 2 N–H and O–H groups in total. The molecule has 0 aliphatic heterocycles. The number of benzene rings is 1. The topological polar surface area (TPSA) is 57.5 Å². The van der Waals surface area contributed by atoms with Gasteiger partial charge in [0.1, 0.15) is 5.52 Å². The lowest BCUT2D eigenvalue weighted by Crippen LogP contribution is -2.10. The highest BCUT2D eigenvalue weighted by atomic mass is 79.9. The fourth-order valence-electron chi connectivity index (χ4n) is 2.00. The largest absolute Gasteiger partial charge is 0.392 e. The number of H-pyrrole nitrogens is 1. The average Bonchev–Trinajstić information content (AvgIpc) is 2.72. The summed E-state index contributed by atoms with van der Waals surface area (Å²) >= 11 is 3.42. The molecule has 0 saturated carbocycles. The third-order valence-corrected chi connectivity index (χ3v) is 3.42. The SMILES string of the molecule is O=c1[nH]c2cc(CO)ccc2n2c(Br)ccc12. The van der Waals surface area contributed by atoms with E-state index in [1.165, 1.54) is 0 Å². The fraction of sp³-hybridized carbons (Fsp3) is 0.0833. The Kier molecular flexibility index (Phi) is 2.31. The standard InChI is InChI=1S/C12H9BrN2O2/c13-11-4-3-10-12(17)14-8-5-7(6-16)1-2-9(8)15(10)11/h1-5,16H,6H2,(H,14,17). The van der Waals surface area contributed by atoms with Gasteiger partial charge in [-0.15, -0.1) is 0 Å². The second kappa shape index (κ2) is 3.72. The molecule has 0 aliphatic carbocycles. The van der Waals surface area contributed by atoms with Crippen LogP contribution in [0.3, 0.4) is 0 Å². The van der Waals surface area contributed by atoms with Crippen LogP contribution in [0.4, 0.5) is 0 Å². The van der Waals surface area contributed by atoms with Gasteiger partial charge < -0.3 is 10.1 Å². The van der Waals surface area contributed by atoms with Crippen LogP contribution in [-0.2, 0) is 6.61 Å². The van der Waals surface area contributed by atoms with Crippen molar-refractivity contribution in [2.45, 2.75) is 6.61 Å². The smallest absolute Gasteiger partial charge is 0.272 e. The summed E-state index contributed by atoms with van der Waals surface area (Å²) in [7, 11) is 0. The van der Waals surface area contributed by atoms with Gasteiger partial charge in [0.15, 0.2) is 0 Å². The lowest BCUT2D eigenvalue weighted by Gasteiger charge is -2.05. The molecular weight excluding hydrogens is 284 g/mol. The number of halogens is 1. The van der Waals surface area contributed by atoms with Crippen molar-refractivity contribution in [3.05, 3.63) is 50.9 Å². The minimum Gasteiger partial charge on any atom is -0.392 e. The van der Waals surface area contributed by atoms with Gasteiger partial charge in [-0.05, 0) is 45.8 Å². The molecule has 0 radical (unpaired) electrons. The summed E-state index contributed by atoms with van der Waals surface area (Å²) in [5.74, 6) is 0. The predicted octanol–water partition coefficient (Wildman–Crippen LogP) is 2.04. The number of aromatic nitrogens is 2. The van der Waals surface area contributed by atoms with Crippen molar-refractivity contribution < 1.29 is 5.11 Å². The maximum Gasteiger partial charge on any atom is 0.272 e. The number of fused-ring (bicyclic) bond motifs is 3. The fourth-order valence-corrected chi connectivity index (χ4v) is 2.51. The molecule has 3 rings (SSSR count). The second-order valence-electron chi connectivity index (χ2n) is 3.84. The van der Waals surface area contributed by atoms with E-state index in [0.29, 0.717) is 11.0 Å². The third-order valence-electron chi connectivity index (χ3n) is 2.80. The molecule has 86 valence electrons. The molecule has 0 bridgehead atoms. The van der Waals surface area contributed by atoms with E-state index in [0.717, 1.165) is 15.7 Å². The van der Waals surface area contributed by atoms with Gasteiger partial charge in [-0.2, -0.15) is 0 Å². The van der Waals surface area contributed by atoms with Crippen molar-refractivity contribution in [1.82, 2.24) is 9.38 Å². The van der Waals surface area contributed by atoms with E-state index >= 15 is 0 Å². The molecule has 2 heterocycles. The summed E-state index contributed by atoms with van der Waals surface area (Å²) in [4.78, 5) is 14.7. The Morgan fingerprint density at radius 1 is 1.24 bits per heavy atom. The first-order valence-electron chi connectivity index (χ1n) is 5.13. The molecule has 0 saturated heterocycles. The van der Waals surface area contributed by atoms with E-state index in [2.05, 4.69) is 20.9 Å². The van der Waals surface area contributed by atoms with E-state index in [4.69, 9.17) is 5.11 Å². The number of nitrogens with zero attached hydrogens (tertiary/aromatic N) is 1. The maximum atomic E-state index is 11.8. The van der Waals surface area contributed by atoms with Crippen molar-refractivity contribution in [2.24, 2.45) is 0 Å². The van der Waals surface area contributed by atoms with Gasteiger partial charge in [-0.25, -0.2) is 0 Å². The van der Waals surface area contributed by atoms with Gasteiger partial charge in [0, 0.05) is 0 Å². The summed E-state index contributed by atoms with van der Waals surface area (Å²) in [6, 6.07) is 9.11. The van der Waals surface area contributed by atoms with Crippen molar-refractivity contribution in [3.63, 3.8) is 0 Å². The number of hydrogen-bond acceptors (Lipinski definition) is 2. The monoisotopic (exact) mass is 292 g/mol. The number of rotatable bonds is 1. The van der Waals surface area contributed by atoms with Gasteiger partial charge >= 0.3 is 0 Å². The Labute approximate surface area is 105 Å². The lowest BCUT2D eigenvalue weighted by molar-refractivity contribution is 0.282. The highest BCUT2D eigenvalue weighted by Crippen LogP contribution is 2.20. The molecule has 0 spiro atoms. The molecule has 3 aromatic rings.